The second-order valence-electron chi connectivity index (χ2n) is 7.73. The highest BCUT2D eigenvalue weighted by molar-refractivity contribution is 5.65. The van der Waals surface area contributed by atoms with Crippen molar-refractivity contribution in [2.45, 2.75) is 65.2 Å². The predicted molar refractivity (Wildman–Crippen MR) is 127 cm³/mol. The van der Waals surface area contributed by atoms with Crippen LogP contribution >= 0.6 is 0 Å². The Kier molecular flexibility index (Phi) is 8.66. The van der Waals surface area contributed by atoms with Gasteiger partial charge in [0.25, 0.3) is 0 Å². The third-order valence-corrected chi connectivity index (χ3v) is 5.30. The van der Waals surface area contributed by atoms with Gasteiger partial charge in [-0.25, -0.2) is 0 Å². The Labute approximate surface area is 181 Å². The summed E-state index contributed by atoms with van der Waals surface area (Å²) in [6, 6.07) is 17.1. The van der Waals surface area contributed by atoms with Crippen LogP contribution in [-0.4, -0.2) is 9.97 Å². The van der Waals surface area contributed by atoms with Gasteiger partial charge < -0.3 is 0 Å². The molecule has 154 valence electrons. The van der Waals surface area contributed by atoms with Crippen LogP contribution in [0.15, 0.2) is 60.9 Å². The van der Waals surface area contributed by atoms with Gasteiger partial charge in [0.05, 0.1) is 11.4 Å². The Morgan fingerprint density at radius 2 is 1.33 bits per heavy atom. The Bertz CT molecular complexity index is 943. The molecule has 0 radical (unpaired) electrons. The summed E-state index contributed by atoms with van der Waals surface area (Å²) in [5, 5.41) is 0. The van der Waals surface area contributed by atoms with Crippen LogP contribution in [0.25, 0.3) is 22.5 Å². The molecule has 2 nitrogen and oxygen atoms in total. The van der Waals surface area contributed by atoms with Crippen LogP contribution in [0.2, 0.25) is 0 Å². The largest absolute Gasteiger partial charge is 0.256 e. The molecule has 3 rings (SSSR count). The van der Waals surface area contributed by atoms with E-state index >= 15 is 0 Å². The van der Waals surface area contributed by atoms with Crippen LogP contribution in [0.4, 0.5) is 0 Å². The lowest BCUT2D eigenvalue weighted by molar-refractivity contribution is 0.607. The molecular formula is C28H32N2. The first-order valence-electron chi connectivity index (χ1n) is 11.3. The lowest BCUT2D eigenvalue weighted by Gasteiger charge is -2.06. The van der Waals surface area contributed by atoms with E-state index in [0.29, 0.717) is 0 Å². The summed E-state index contributed by atoms with van der Waals surface area (Å²) in [7, 11) is 0. The van der Waals surface area contributed by atoms with Gasteiger partial charge in [0.2, 0.25) is 0 Å². The van der Waals surface area contributed by atoms with Crippen molar-refractivity contribution in [3.63, 3.8) is 0 Å². The standard InChI is InChI=1S/C28H32N2/c1-3-5-7-8-9-10-12-23-13-16-25(17-14-23)27-20-18-26(22-30-27)28-19-15-24(21-29-28)11-6-4-2/h13-22H,3-5,7-10,12H2,1-2H3. The van der Waals surface area contributed by atoms with Gasteiger partial charge in [-0.3, -0.25) is 9.97 Å². The molecular weight excluding hydrogens is 364 g/mol. The summed E-state index contributed by atoms with van der Waals surface area (Å²) >= 11 is 0. The number of benzene rings is 1. The predicted octanol–water partition coefficient (Wildman–Crippen LogP) is 7.48. The maximum Gasteiger partial charge on any atom is 0.0718 e. The summed E-state index contributed by atoms with van der Waals surface area (Å²) in [4.78, 5) is 9.19. The summed E-state index contributed by atoms with van der Waals surface area (Å²) in [6.45, 7) is 4.31. The molecule has 1 aromatic carbocycles. The van der Waals surface area contributed by atoms with E-state index in [1.165, 1.54) is 50.5 Å². The zero-order valence-corrected chi connectivity index (χ0v) is 18.3. The smallest absolute Gasteiger partial charge is 0.0718 e. The Hall–Kier alpha value is -2.92. The fourth-order valence-electron chi connectivity index (χ4n) is 3.50. The molecule has 0 aliphatic carbocycles. The zero-order valence-electron chi connectivity index (χ0n) is 18.3. The molecule has 0 spiro atoms. The van der Waals surface area contributed by atoms with Gasteiger partial charge in [0, 0.05) is 35.5 Å². The van der Waals surface area contributed by atoms with E-state index < -0.39 is 0 Å². The van der Waals surface area contributed by atoms with E-state index in [1.54, 1.807) is 0 Å². The van der Waals surface area contributed by atoms with Crippen LogP contribution in [0, 0.1) is 11.8 Å². The molecule has 30 heavy (non-hydrogen) atoms. The number of aryl methyl sites for hydroxylation is 1. The maximum absolute atomic E-state index is 4.66. The minimum absolute atomic E-state index is 0.854. The van der Waals surface area contributed by atoms with E-state index in [9.17, 15) is 0 Å². The number of aromatic nitrogens is 2. The number of nitrogens with zero attached hydrogens (tertiary/aromatic N) is 2. The molecule has 0 bridgehead atoms. The fourth-order valence-corrected chi connectivity index (χ4v) is 3.50. The molecule has 0 aliphatic heterocycles. The van der Waals surface area contributed by atoms with Crippen LogP contribution in [0.1, 0.15) is 69.9 Å². The molecule has 3 aromatic rings. The van der Waals surface area contributed by atoms with Gasteiger partial charge in [-0.15, -0.1) is 0 Å². The summed E-state index contributed by atoms with van der Waals surface area (Å²) < 4.78 is 0. The second kappa shape index (κ2) is 11.9. The molecule has 0 N–H and O–H groups in total. The van der Waals surface area contributed by atoms with E-state index in [1.807, 2.05) is 31.5 Å². The van der Waals surface area contributed by atoms with Crippen molar-refractivity contribution >= 4 is 0 Å². The lowest BCUT2D eigenvalue weighted by Crippen LogP contribution is -1.90. The normalized spacial score (nSPS) is 10.5. The molecule has 0 unspecified atom stereocenters. The van der Waals surface area contributed by atoms with Crippen LogP contribution in [-0.2, 0) is 6.42 Å². The van der Waals surface area contributed by atoms with Crippen molar-refractivity contribution in [1.82, 2.24) is 9.97 Å². The third kappa shape index (κ3) is 6.56. The number of hydrogen-bond acceptors (Lipinski definition) is 2. The van der Waals surface area contributed by atoms with Crippen molar-refractivity contribution in [2.75, 3.05) is 0 Å². The Balaban J connectivity index is 1.56. The highest BCUT2D eigenvalue weighted by Gasteiger charge is 2.04. The van der Waals surface area contributed by atoms with E-state index in [2.05, 4.69) is 65.1 Å². The number of unbranched alkanes of at least 4 members (excludes halogenated alkanes) is 5. The van der Waals surface area contributed by atoms with Gasteiger partial charge in [-0.1, -0.05) is 82.1 Å². The number of hydrogen-bond donors (Lipinski definition) is 0. The van der Waals surface area contributed by atoms with Crippen LogP contribution in [0.3, 0.4) is 0 Å². The molecule has 0 aliphatic rings. The quantitative estimate of drug-likeness (QED) is 0.277. The van der Waals surface area contributed by atoms with Gasteiger partial charge in [0.1, 0.15) is 0 Å². The Morgan fingerprint density at radius 1 is 0.667 bits per heavy atom. The molecule has 2 aromatic heterocycles. The number of rotatable bonds is 9. The Morgan fingerprint density at radius 3 is 2.00 bits per heavy atom. The monoisotopic (exact) mass is 396 g/mol. The first kappa shape index (κ1) is 21.8. The van der Waals surface area contributed by atoms with Crippen molar-refractivity contribution < 1.29 is 0 Å². The fraction of sp³-hybridized carbons (Fsp3) is 0.357. The lowest BCUT2D eigenvalue weighted by atomic mass is 10.0. The van der Waals surface area contributed by atoms with E-state index in [-0.39, 0.29) is 0 Å². The van der Waals surface area contributed by atoms with Crippen molar-refractivity contribution in [1.29, 1.82) is 0 Å². The van der Waals surface area contributed by atoms with E-state index in [0.717, 1.165) is 34.5 Å². The van der Waals surface area contributed by atoms with Gasteiger partial charge in [-0.2, -0.15) is 0 Å². The summed E-state index contributed by atoms with van der Waals surface area (Å²) in [6.07, 6.45) is 13.8. The zero-order chi connectivity index (χ0) is 21.0. The average molecular weight is 397 g/mol. The number of pyridine rings is 2. The van der Waals surface area contributed by atoms with Gasteiger partial charge in [0.15, 0.2) is 0 Å². The SMILES string of the molecule is CCC#Cc1ccc(-c2ccc(-c3ccc(CCCCCCCC)cc3)nc2)nc1. The molecule has 0 atom stereocenters. The highest BCUT2D eigenvalue weighted by Crippen LogP contribution is 2.22. The van der Waals surface area contributed by atoms with Crippen LogP contribution < -0.4 is 0 Å². The second-order valence-corrected chi connectivity index (χ2v) is 7.73. The molecule has 2 heteroatoms. The molecule has 0 saturated heterocycles. The third-order valence-electron chi connectivity index (χ3n) is 5.30. The van der Waals surface area contributed by atoms with Crippen LogP contribution in [0.5, 0.6) is 0 Å². The molecule has 0 fully saturated rings. The topological polar surface area (TPSA) is 25.8 Å². The molecule has 0 saturated carbocycles. The van der Waals surface area contributed by atoms with Gasteiger partial charge >= 0.3 is 0 Å². The summed E-state index contributed by atoms with van der Waals surface area (Å²) in [5.74, 6) is 6.18. The van der Waals surface area contributed by atoms with E-state index in [4.69, 9.17) is 0 Å². The average Bonchev–Trinajstić information content (AvgIpc) is 2.81. The first-order valence-corrected chi connectivity index (χ1v) is 11.3. The maximum atomic E-state index is 4.66. The highest BCUT2D eigenvalue weighted by atomic mass is 14.7. The summed E-state index contributed by atoms with van der Waals surface area (Å²) in [5.41, 5.74) is 6.47. The molecule has 0 amide bonds. The van der Waals surface area contributed by atoms with Crippen molar-refractivity contribution in [3.8, 4) is 34.4 Å². The van der Waals surface area contributed by atoms with Crippen molar-refractivity contribution in [3.05, 3.63) is 72.1 Å². The first-order chi connectivity index (χ1) is 14.8. The molecule has 2 heterocycles. The van der Waals surface area contributed by atoms with Crippen molar-refractivity contribution in [2.24, 2.45) is 0 Å². The minimum atomic E-state index is 0.854. The minimum Gasteiger partial charge on any atom is -0.256 e. The van der Waals surface area contributed by atoms with Gasteiger partial charge in [-0.05, 0) is 42.7 Å².